The van der Waals surface area contributed by atoms with Gasteiger partial charge in [-0.15, -0.1) is 0 Å². The molecule has 0 aliphatic carbocycles. The van der Waals surface area contributed by atoms with Gasteiger partial charge in [0.15, 0.2) is 0 Å². The maximum absolute atomic E-state index is 11.6. The van der Waals surface area contributed by atoms with E-state index in [0.717, 1.165) is 13.1 Å². The molecular formula is C15H30N2O4. The third-order valence-electron chi connectivity index (χ3n) is 4.26. The normalized spacial score (nSPS) is 27.8. The quantitative estimate of drug-likeness (QED) is 0.696. The summed E-state index contributed by atoms with van der Waals surface area (Å²) < 4.78 is 10.9. The summed E-state index contributed by atoms with van der Waals surface area (Å²) in [6, 6.07) is 0.255. The predicted octanol–water partition coefficient (Wildman–Crippen LogP) is 0.952. The minimum Gasteiger partial charge on any atom is -0.480 e. The van der Waals surface area contributed by atoms with Crippen molar-refractivity contribution in [3.8, 4) is 0 Å². The summed E-state index contributed by atoms with van der Waals surface area (Å²) in [5.41, 5.74) is -0.929. The summed E-state index contributed by atoms with van der Waals surface area (Å²) >= 11 is 0. The van der Waals surface area contributed by atoms with Crippen LogP contribution in [0.2, 0.25) is 0 Å². The Balaban J connectivity index is 2.70. The van der Waals surface area contributed by atoms with Crippen molar-refractivity contribution in [1.29, 1.82) is 0 Å². The highest BCUT2D eigenvalue weighted by atomic mass is 16.5. The first-order valence-corrected chi connectivity index (χ1v) is 7.54. The van der Waals surface area contributed by atoms with Gasteiger partial charge in [-0.25, -0.2) is 0 Å². The van der Waals surface area contributed by atoms with E-state index in [1.165, 1.54) is 0 Å². The standard InChI is InChI=1S/C15H30N2O4/c1-10(2)16-15(4,14(18)19)7-11(3)17-8-12(20-5)13(9-17)21-6/h10-13,16H,7-9H2,1-6H3,(H,18,19). The lowest BCUT2D eigenvalue weighted by Gasteiger charge is -2.34. The fourth-order valence-electron chi connectivity index (χ4n) is 3.15. The summed E-state index contributed by atoms with van der Waals surface area (Å²) in [5.74, 6) is -0.811. The maximum atomic E-state index is 11.6. The summed E-state index contributed by atoms with van der Waals surface area (Å²) in [6.07, 6.45) is 0.631. The SMILES string of the molecule is COC1CN(C(C)CC(C)(NC(C)C)C(=O)O)CC1OC. The molecule has 1 saturated heterocycles. The van der Waals surface area contributed by atoms with Crippen molar-refractivity contribution in [1.82, 2.24) is 10.2 Å². The van der Waals surface area contributed by atoms with Gasteiger partial charge in [0, 0.05) is 39.4 Å². The number of methoxy groups -OCH3 is 2. The first kappa shape index (κ1) is 18.4. The molecule has 4 unspecified atom stereocenters. The highest BCUT2D eigenvalue weighted by Crippen LogP contribution is 2.23. The van der Waals surface area contributed by atoms with Crippen molar-refractivity contribution < 1.29 is 19.4 Å². The number of aliphatic carboxylic acids is 1. The van der Waals surface area contributed by atoms with Gasteiger partial charge in [0.25, 0.3) is 0 Å². The highest BCUT2D eigenvalue weighted by Gasteiger charge is 2.40. The number of hydrogen-bond acceptors (Lipinski definition) is 5. The Morgan fingerprint density at radius 1 is 1.29 bits per heavy atom. The fraction of sp³-hybridized carbons (Fsp3) is 0.933. The molecule has 1 rings (SSSR count). The first-order valence-electron chi connectivity index (χ1n) is 7.54. The van der Waals surface area contributed by atoms with Gasteiger partial charge in [0.2, 0.25) is 0 Å². The summed E-state index contributed by atoms with van der Waals surface area (Å²) in [7, 11) is 3.37. The number of likely N-dealkylation sites (tertiary alicyclic amines) is 1. The van der Waals surface area contributed by atoms with Crippen LogP contribution < -0.4 is 5.32 Å². The van der Waals surface area contributed by atoms with Crippen LogP contribution in [-0.2, 0) is 14.3 Å². The van der Waals surface area contributed by atoms with Crippen LogP contribution in [0, 0.1) is 0 Å². The molecule has 0 aromatic heterocycles. The second kappa shape index (κ2) is 7.54. The van der Waals surface area contributed by atoms with Crippen LogP contribution in [0.25, 0.3) is 0 Å². The van der Waals surface area contributed by atoms with Gasteiger partial charge < -0.3 is 14.6 Å². The van der Waals surface area contributed by atoms with Crippen molar-refractivity contribution in [2.45, 2.75) is 63.9 Å². The molecule has 124 valence electrons. The van der Waals surface area contributed by atoms with Crippen molar-refractivity contribution >= 4 is 5.97 Å². The number of nitrogens with zero attached hydrogens (tertiary/aromatic N) is 1. The number of carboxylic acid groups (broad SMARTS) is 1. The molecule has 1 aliphatic heterocycles. The Hall–Kier alpha value is -0.690. The summed E-state index contributed by atoms with van der Waals surface area (Å²) in [6.45, 7) is 9.28. The Morgan fingerprint density at radius 2 is 1.76 bits per heavy atom. The van der Waals surface area contributed by atoms with Crippen molar-refractivity contribution in [2.75, 3.05) is 27.3 Å². The van der Waals surface area contributed by atoms with E-state index >= 15 is 0 Å². The van der Waals surface area contributed by atoms with E-state index in [-0.39, 0.29) is 24.3 Å². The van der Waals surface area contributed by atoms with E-state index in [0.29, 0.717) is 6.42 Å². The van der Waals surface area contributed by atoms with Gasteiger partial charge in [-0.1, -0.05) is 0 Å². The van der Waals surface area contributed by atoms with E-state index in [4.69, 9.17) is 9.47 Å². The van der Waals surface area contributed by atoms with Crippen molar-refractivity contribution in [3.63, 3.8) is 0 Å². The zero-order chi connectivity index (χ0) is 16.2. The van der Waals surface area contributed by atoms with Gasteiger partial charge in [-0.05, 0) is 34.1 Å². The summed E-state index contributed by atoms with van der Waals surface area (Å²) in [5, 5.41) is 12.7. The molecule has 1 heterocycles. The monoisotopic (exact) mass is 302 g/mol. The fourth-order valence-corrected chi connectivity index (χ4v) is 3.15. The topological polar surface area (TPSA) is 71.0 Å². The molecule has 6 heteroatoms. The van der Waals surface area contributed by atoms with Crippen LogP contribution in [-0.4, -0.2) is 73.1 Å². The zero-order valence-electron chi connectivity index (χ0n) is 14.0. The Bertz CT molecular complexity index is 339. The molecule has 4 atom stereocenters. The second-order valence-corrected chi connectivity index (χ2v) is 6.49. The molecule has 0 amide bonds. The number of carboxylic acids is 1. The maximum Gasteiger partial charge on any atom is 0.323 e. The first-order chi connectivity index (χ1) is 9.73. The van der Waals surface area contributed by atoms with E-state index in [2.05, 4.69) is 17.1 Å². The molecule has 0 saturated carbocycles. The number of rotatable bonds is 8. The summed E-state index contributed by atoms with van der Waals surface area (Å²) in [4.78, 5) is 13.9. The smallest absolute Gasteiger partial charge is 0.323 e. The Kier molecular flexibility index (Phi) is 6.59. The lowest BCUT2D eigenvalue weighted by molar-refractivity contribution is -0.145. The lowest BCUT2D eigenvalue weighted by Crippen LogP contribution is -2.55. The average Bonchev–Trinajstić information content (AvgIpc) is 2.80. The Morgan fingerprint density at radius 3 is 2.10 bits per heavy atom. The predicted molar refractivity (Wildman–Crippen MR) is 81.6 cm³/mol. The van der Waals surface area contributed by atoms with Gasteiger partial charge >= 0.3 is 5.97 Å². The van der Waals surface area contributed by atoms with Crippen LogP contribution >= 0.6 is 0 Å². The number of carbonyl (C=O) groups is 1. The van der Waals surface area contributed by atoms with Crippen LogP contribution in [0.1, 0.15) is 34.1 Å². The van der Waals surface area contributed by atoms with Crippen LogP contribution in [0.5, 0.6) is 0 Å². The third-order valence-corrected chi connectivity index (χ3v) is 4.26. The van der Waals surface area contributed by atoms with Gasteiger partial charge in [-0.3, -0.25) is 15.0 Å². The third kappa shape index (κ3) is 4.64. The molecule has 1 aliphatic rings. The van der Waals surface area contributed by atoms with E-state index in [1.807, 2.05) is 13.8 Å². The highest BCUT2D eigenvalue weighted by molar-refractivity contribution is 5.78. The van der Waals surface area contributed by atoms with E-state index in [1.54, 1.807) is 21.1 Å². The molecule has 0 radical (unpaired) electrons. The van der Waals surface area contributed by atoms with Crippen molar-refractivity contribution in [2.24, 2.45) is 0 Å². The zero-order valence-corrected chi connectivity index (χ0v) is 14.0. The van der Waals surface area contributed by atoms with E-state index < -0.39 is 11.5 Å². The molecule has 0 spiro atoms. The molecule has 0 aromatic rings. The molecule has 0 aromatic carbocycles. The largest absolute Gasteiger partial charge is 0.480 e. The average molecular weight is 302 g/mol. The van der Waals surface area contributed by atoms with Gasteiger partial charge in [0.1, 0.15) is 5.54 Å². The Labute approximate surface area is 127 Å². The second-order valence-electron chi connectivity index (χ2n) is 6.49. The van der Waals surface area contributed by atoms with Crippen LogP contribution in [0.15, 0.2) is 0 Å². The number of ether oxygens (including phenoxy) is 2. The van der Waals surface area contributed by atoms with Crippen LogP contribution in [0.3, 0.4) is 0 Å². The minimum atomic E-state index is -0.929. The molecule has 2 N–H and O–H groups in total. The van der Waals surface area contributed by atoms with Crippen molar-refractivity contribution in [3.05, 3.63) is 0 Å². The molecule has 0 bridgehead atoms. The molecular weight excluding hydrogens is 272 g/mol. The molecule has 6 nitrogen and oxygen atoms in total. The molecule has 1 fully saturated rings. The van der Waals surface area contributed by atoms with Gasteiger partial charge in [0.05, 0.1) is 12.2 Å². The van der Waals surface area contributed by atoms with Gasteiger partial charge in [-0.2, -0.15) is 0 Å². The van der Waals surface area contributed by atoms with Crippen LogP contribution in [0.4, 0.5) is 0 Å². The van der Waals surface area contributed by atoms with E-state index in [9.17, 15) is 9.90 Å². The number of hydrogen-bond donors (Lipinski definition) is 2. The minimum absolute atomic E-state index is 0.0478. The number of nitrogens with one attached hydrogen (secondary N) is 1. The lowest BCUT2D eigenvalue weighted by atomic mass is 9.92. The molecule has 21 heavy (non-hydrogen) atoms.